The lowest BCUT2D eigenvalue weighted by Crippen LogP contribution is -2.32. The average molecular weight is 254 g/mol. The number of anilines is 1. The van der Waals surface area contributed by atoms with Crippen LogP contribution in [0, 0.1) is 0 Å². The van der Waals surface area contributed by atoms with Gasteiger partial charge in [0, 0.05) is 13.1 Å². The first-order valence-corrected chi connectivity index (χ1v) is 5.79. The van der Waals surface area contributed by atoms with E-state index in [-0.39, 0.29) is 11.1 Å². The molecule has 0 saturated heterocycles. The quantitative estimate of drug-likeness (QED) is 0.647. The van der Waals surface area contributed by atoms with E-state index in [0.717, 1.165) is 6.42 Å². The van der Waals surface area contributed by atoms with Gasteiger partial charge in [0.05, 0.1) is 17.4 Å². The van der Waals surface area contributed by atoms with Crippen LogP contribution in [0.25, 0.3) is 0 Å². The first-order chi connectivity index (χ1) is 8.10. The van der Waals surface area contributed by atoms with E-state index >= 15 is 0 Å². The fourth-order valence-corrected chi connectivity index (χ4v) is 1.67. The zero-order valence-electron chi connectivity index (χ0n) is 9.82. The zero-order chi connectivity index (χ0) is 12.8. The Bertz CT molecular complexity index is 420. The number of pyridine rings is 1. The Hall–Kier alpha value is -1.55. The minimum absolute atomic E-state index is 0.170. The second-order valence-electron chi connectivity index (χ2n) is 3.65. The molecule has 1 aromatic heterocycles. The molecule has 0 aromatic carbocycles. The van der Waals surface area contributed by atoms with Crippen LogP contribution in [-0.4, -0.2) is 28.9 Å². The Morgan fingerprint density at radius 3 is 3.00 bits per heavy atom. The highest BCUT2D eigenvalue weighted by Gasteiger charge is 2.17. The molecule has 0 spiro atoms. The maximum absolute atomic E-state index is 12.2. The van der Waals surface area contributed by atoms with Crippen LogP contribution in [-0.2, 0) is 0 Å². The first kappa shape index (κ1) is 13.5. The summed E-state index contributed by atoms with van der Waals surface area (Å²) in [6.07, 6.45) is 3.98. The number of rotatable bonds is 5. The van der Waals surface area contributed by atoms with Crippen molar-refractivity contribution in [2.75, 3.05) is 18.8 Å². The molecule has 0 aliphatic carbocycles. The molecule has 0 radical (unpaired) electrons. The standard InChI is InChI=1S/C12H16ClN3O/c1-3-5-16(6-4-2)12(17)10-7-9(14)8-15-11(10)13/h3,7-8H,1,4-6,14H2,2H3. The van der Waals surface area contributed by atoms with E-state index in [0.29, 0.717) is 24.3 Å². The lowest BCUT2D eigenvalue weighted by atomic mass is 10.2. The predicted octanol–water partition coefficient (Wildman–Crippen LogP) is 2.36. The monoisotopic (exact) mass is 253 g/mol. The minimum atomic E-state index is -0.170. The second kappa shape index (κ2) is 6.25. The molecular formula is C12H16ClN3O. The van der Waals surface area contributed by atoms with Crippen LogP contribution in [0.3, 0.4) is 0 Å². The van der Waals surface area contributed by atoms with E-state index in [2.05, 4.69) is 11.6 Å². The van der Waals surface area contributed by atoms with Crippen molar-refractivity contribution in [2.45, 2.75) is 13.3 Å². The summed E-state index contributed by atoms with van der Waals surface area (Å²) in [6, 6.07) is 1.55. The van der Waals surface area contributed by atoms with Gasteiger partial charge >= 0.3 is 0 Å². The molecule has 17 heavy (non-hydrogen) atoms. The molecule has 92 valence electrons. The number of nitrogens with two attached hydrogens (primary N) is 1. The van der Waals surface area contributed by atoms with Gasteiger partial charge in [-0.25, -0.2) is 4.98 Å². The van der Waals surface area contributed by atoms with Crippen molar-refractivity contribution in [3.8, 4) is 0 Å². The third-order valence-corrected chi connectivity index (χ3v) is 2.52. The molecule has 0 aliphatic heterocycles. The van der Waals surface area contributed by atoms with Crippen LogP contribution in [0.4, 0.5) is 5.69 Å². The van der Waals surface area contributed by atoms with Gasteiger partial charge < -0.3 is 10.6 Å². The number of carbonyl (C=O) groups is 1. The van der Waals surface area contributed by atoms with Gasteiger partial charge in [0.15, 0.2) is 0 Å². The predicted molar refractivity (Wildman–Crippen MR) is 70.1 cm³/mol. The molecule has 1 aromatic rings. The number of aromatic nitrogens is 1. The van der Waals surface area contributed by atoms with Gasteiger partial charge in [0.25, 0.3) is 5.91 Å². The van der Waals surface area contributed by atoms with Crippen molar-refractivity contribution >= 4 is 23.2 Å². The average Bonchev–Trinajstić information content (AvgIpc) is 2.31. The molecule has 4 nitrogen and oxygen atoms in total. The smallest absolute Gasteiger partial charge is 0.257 e. The number of nitrogen functional groups attached to an aromatic ring is 1. The highest BCUT2D eigenvalue weighted by molar-refractivity contribution is 6.32. The van der Waals surface area contributed by atoms with Crippen LogP contribution < -0.4 is 5.73 Å². The molecule has 0 bridgehead atoms. The van der Waals surface area contributed by atoms with Gasteiger partial charge in [-0.3, -0.25) is 4.79 Å². The lowest BCUT2D eigenvalue weighted by Gasteiger charge is -2.20. The molecule has 0 unspecified atom stereocenters. The zero-order valence-corrected chi connectivity index (χ0v) is 10.6. The maximum Gasteiger partial charge on any atom is 0.257 e. The van der Waals surface area contributed by atoms with Gasteiger partial charge in [-0.05, 0) is 12.5 Å². The molecule has 5 heteroatoms. The molecule has 2 N–H and O–H groups in total. The maximum atomic E-state index is 12.2. The summed E-state index contributed by atoms with van der Waals surface area (Å²) < 4.78 is 0. The molecule has 1 amide bonds. The van der Waals surface area contributed by atoms with E-state index < -0.39 is 0 Å². The number of hydrogen-bond acceptors (Lipinski definition) is 3. The third-order valence-electron chi connectivity index (χ3n) is 2.22. The van der Waals surface area contributed by atoms with Gasteiger partial charge in [-0.1, -0.05) is 24.6 Å². The van der Waals surface area contributed by atoms with Gasteiger partial charge in [-0.2, -0.15) is 0 Å². The lowest BCUT2D eigenvalue weighted by molar-refractivity contribution is 0.0774. The van der Waals surface area contributed by atoms with Crippen LogP contribution in [0.2, 0.25) is 5.15 Å². The normalized spacial score (nSPS) is 10.0. The SMILES string of the molecule is C=CCN(CCC)C(=O)c1cc(N)cnc1Cl. The fraction of sp³-hybridized carbons (Fsp3) is 0.333. The van der Waals surface area contributed by atoms with Crippen molar-refractivity contribution in [2.24, 2.45) is 0 Å². The Morgan fingerprint density at radius 1 is 1.71 bits per heavy atom. The van der Waals surface area contributed by atoms with E-state index in [1.54, 1.807) is 17.0 Å². The third kappa shape index (κ3) is 3.46. The largest absolute Gasteiger partial charge is 0.397 e. The topological polar surface area (TPSA) is 59.2 Å². The van der Waals surface area contributed by atoms with Crippen molar-refractivity contribution in [1.82, 2.24) is 9.88 Å². The van der Waals surface area contributed by atoms with Crippen molar-refractivity contribution < 1.29 is 4.79 Å². The first-order valence-electron chi connectivity index (χ1n) is 5.41. The summed E-state index contributed by atoms with van der Waals surface area (Å²) in [7, 11) is 0. The van der Waals surface area contributed by atoms with Crippen molar-refractivity contribution in [3.05, 3.63) is 35.6 Å². The summed E-state index contributed by atoms with van der Waals surface area (Å²) in [5, 5.41) is 0.175. The Morgan fingerprint density at radius 2 is 2.41 bits per heavy atom. The summed E-state index contributed by atoms with van der Waals surface area (Å²) >= 11 is 5.90. The summed E-state index contributed by atoms with van der Waals surface area (Å²) in [6.45, 7) is 6.77. The van der Waals surface area contributed by atoms with Crippen molar-refractivity contribution in [3.63, 3.8) is 0 Å². The summed E-state index contributed by atoms with van der Waals surface area (Å²) in [5.74, 6) is -0.170. The number of hydrogen-bond donors (Lipinski definition) is 1. The van der Waals surface area contributed by atoms with Crippen molar-refractivity contribution in [1.29, 1.82) is 0 Å². The van der Waals surface area contributed by atoms with E-state index in [4.69, 9.17) is 17.3 Å². The summed E-state index contributed by atoms with van der Waals surface area (Å²) in [5.41, 5.74) is 6.36. The number of halogens is 1. The van der Waals surface area contributed by atoms with Crippen LogP contribution in [0.5, 0.6) is 0 Å². The highest BCUT2D eigenvalue weighted by atomic mass is 35.5. The van der Waals surface area contributed by atoms with Crippen LogP contribution in [0.15, 0.2) is 24.9 Å². The fourth-order valence-electron chi connectivity index (χ4n) is 1.49. The van der Waals surface area contributed by atoms with Gasteiger partial charge in [0.1, 0.15) is 5.15 Å². The van der Waals surface area contributed by atoms with Gasteiger partial charge in [-0.15, -0.1) is 6.58 Å². The van der Waals surface area contributed by atoms with Gasteiger partial charge in [0.2, 0.25) is 0 Å². The highest BCUT2D eigenvalue weighted by Crippen LogP contribution is 2.17. The molecule has 0 saturated carbocycles. The summed E-state index contributed by atoms with van der Waals surface area (Å²) in [4.78, 5) is 17.7. The van der Waals surface area contributed by atoms with E-state index in [1.165, 1.54) is 6.20 Å². The molecule has 0 aliphatic rings. The Balaban J connectivity index is 2.99. The number of amides is 1. The van der Waals surface area contributed by atoms with Crippen LogP contribution in [0.1, 0.15) is 23.7 Å². The molecule has 0 fully saturated rings. The Labute approximate surface area is 106 Å². The second-order valence-corrected chi connectivity index (χ2v) is 4.00. The number of nitrogens with zero attached hydrogens (tertiary/aromatic N) is 2. The molecule has 0 atom stereocenters. The molecule has 1 heterocycles. The minimum Gasteiger partial charge on any atom is -0.397 e. The molecule has 1 rings (SSSR count). The van der Waals surface area contributed by atoms with E-state index in [1.807, 2.05) is 6.92 Å². The Kier molecular flexibility index (Phi) is 4.97. The number of carbonyl (C=O) groups excluding carboxylic acids is 1. The van der Waals surface area contributed by atoms with E-state index in [9.17, 15) is 4.79 Å². The molecular weight excluding hydrogens is 238 g/mol. The van der Waals surface area contributed by atoms with Crippen LogP contribution >= 0.6 is 11.6 Å².